The maximum absolute atomic E-state index is 13.0. The topological polar surface area (TPSA) is 49.4 Å². The van der Waals surface area contributed by atoms with E-state index in [9.17, 15) is 9.59 Å². The van der Waals surface area contributed by atoms with Crippen LogP contribution in [0, 0.1) is 0 Å². The molecule has 0 spiro atoms. The van der Waals surface area contributed by atoms with Crippen LogP contribution in [0.5, 0.6) is 0 Å². The van der Waals surface area contributed by atoms with Crippen molar-refractivity contribution in [1.82, 2.24) is 10.2 Å². The highest BCUT2D eigenvalue weighted by atomic mass is 35.5. The predicted molar refractivity (Wildman–Crippen MR) is 131 cm³/mol. The second kappa shape index (κ2) is 14.2. The molecule has 0 saturated heterocycles. The molecule has 4 nitrogen and oxygen atoms in total. The minimum absolute atomic E-state index is 0.0331. The van der Waals surface area contributed by atoms with Gasteiger partial charge in [-0.15, -0.1) is 11.8 Å². The summed E-state index contributed by atoms with van der Waals surface area (Å²) in [6.07, 6.45) is 3.90. The fourth-order valence-electron chi connectivity index (χ4n) is 3.19. The van der Waals surface area contributed by atoms with Crippen LogP contribution in [0.25, 0.3) is 0 Å². The smallest absolute Gasteiger partial charge is 0.242 e. The molecule has 1 unspecified atom stereocenters. The number of hydrogen-bond donors (Lipinski definition) is 1. The summed E-state index contributed by atoms with van der Waals surface area (Å²) >= 11 is 7.64. The molecule has 0 fully saturated rings. The highest BCUT2D eigenvalue weighted by molar-refractivity contribution is 7.99. The molecule has 0 aliphatic heterocycles. The summed E-state index contributed by atoms with van der Waals surface area (Å²) in [5.41, 5.74) is 1.16. The van der Waals surface area contributed by atoms with E-state index in [0.29, 0.717) is 19.5 Å². The number of rotatable bonds is 13. The summed E-state index contributed by atoms with van der Waals surface area (Å²) in [4.78, 5) is 28.5. The highest BCUT2D eigenvalue weighted by Crippen LogP contribution is 2.21. The number of nitrogens with one attached hydrogen (secondary N) is 1. The van der Waals surface area contributed by atoms with E-state index >= 15 is 0 Å². The third-order valence-electron chi connectivity index (χ3n) is 5.10. The van der Waals surface area contributed by atoms with E-state index < -0.39 is 6.04 Å². The van der Waals surface area contributed by atoms with Gasteiger partial charge in [0.15, 0.2) is 0 Å². The van der Waals surface area contributed by atoms with Crippen LogP contribution in [0.3, 0.4) is 0 Å². The fraction of sp³-hybridized carbons (Fsp3) is 0.440. The Balaban J connectivity index is 1.90. The highest BCUT2D eigenvalue weighted by Gasteiger charge is 2.25. The van der Waals surface area contributed by atoms with Crippen molar-refractivity contribution in [2.45, 2.75) is 56.9 Å². The molecule has 2 aromatic carbocycles. The summed E-state index contributed by atoms with van der Waals surface area (Å²) in [6.45, 7) is 5.10. The molecule has 0 aliphatic rings. The Kier molecular flexibility index (Phi) is 11.5. The van der Waals surface area contributed by atoms with E-state index in [1.54, 1.807) is 16.7 Å². The van der Waals surface area contributed by atoms with Gasteiger partial charge in [0, 0.05) is 29.4 Å². The third kappa shape index (κ3) is 9.36. The number of hydrogen-bond acceptors (Lipinski definition) is 3. The SMILES string of the molecule is CCCCNC(=O)C(C)N(CCc1ccccc1)C(=O)CCCSc1ccc(Cl)cc1. The lowest BCUT2D eigenvalue weighted by Gasteiger charge is -2.29. The number of thioether (sulfide) groups is 1. The largest absolute Gasteiger partial charge is 0.354 e. The Morgan fingerprint density at radius 2 is 1.77 bits per heavy atom. The molecule has 1 N–H and O–H groups in total. The first kappa shape index (κ1) is 25.3. The van der Waals surface area contributed by atoms with Crippen LogP contribution in [0.4, 0.5) is 0 Å². The first-order chi connectivity index (χ1) is 15.0. The van der Waals surface area contributed by atoms with Crippen molar-refractivity contribution in [3.63, 3.8) is 0 Å². The van der Waals surface area contributed by atoms with E-state index in [4.69, 9.17) is 11.6 Å². The van der Waals surface area contributed by atoms with Gasteiger partial charge < -0.3 is 10.2 Å². The lowest BCUT2D eigenvalue weighted by molar-refractivity contribution is -0.139. The molecule has 2 rings (SSSR count). The maximum Gasteiger partial charge on any atom is 0.242 e. The monoisotopic (exact) mass is 460 g/mol. The van der Waals surface area contributed by atoms with Gasteiger partial charge >= 0.3 is 0 Å². The Bertz CT molecular complexity index is 799. The minimum Gasteiger partial charge on any atom is -0.354 e. The molecule has 2 aromatic rings. The van der Waals surface area contributed by atoms with Gasteiger partial charge in [-0.2, -0.15) is 0 Å². The quantitative estimate of drug-likeness (QED) is 0.313. The Labute approximate surface area is 195 Å². The van der Waals surface area contributed by atoms with Crippen molar-refractivity contribution in [1.29, 1.82) is 0 Å². The molecule has 168 valence electrons. The van der Waals surface area contributed by atoms with Crippen molar-refractivity contribution >= 4 is 35.2 Å². The van der Waals surface area contributed by atoms with Crippen LogP contribution in [0.1, 0.15) is 45.1 Å². The number of carbonyl (C=O) groups is 2. The zero-order valence-corrected chi connectivity index (χ0v) is 20.1. The molecule has 6 heteroatoms. The van der Waals surface area contributed by atoms with Gasteiger partial charge in [0.05, 0.1) is 0 Å². The fourth-order valence-corrected chi connectivity index (χ4v) is 4.17. The van der Waals surface area contributed by atoms with Gasteiger partial charge in [0.25, 0.3) is 0 Å². The van der Waals surface area contributed by atoms with E-state index in [1.807, 2.05) is 49.4 Å². The summed E-state index contributed by atoms with van der Waals surface area (Å²) in [5.74, 6) is 0.799. The van der Waals surface area contributed by atoms with Gasteiger partial charge in [-0.05, 0) is 61.8 Å². The molecule has 0 saturated carbocycles. The first-order valence-corrected chi connectivity index (χ1v) is 12.4. The van der Waals surface area contributed by atoms with Crippen molar-refractivity contribution in [3.05, 3.63) is 65.2 Å². The predicted octanol–water partition coefficient (Wildman–Crippen LogP) is 5.59. The van der Waals surface area contributed by atoms with Gasteiger partial charge in [0.1, 0.15) is 6.04 Å². The second-order valence-corrected chi connectivity index (χ2v) is 9.15. The van der Waals surface area contributed by atoms with Crippen LogP contribution in [0.2, 0.25) is 5.02 Å². The lowest BCUT2D eigenvalue weighted by Crippen LogP contribution is -2.49. The number of amides is 2. The molecule has 0 heterocycles. The lowest BCUT2D eigenvalue weighted by atomic mass is 10.1. The normalized spacial score (nSPS) is 11.7. The summed E-state index contributed by atoms with van der Waals surface area (Å²) in [6, 6.07) is 17.3. The standard InChI is InChI=1S/C25H33ClN2O2S/c1-3-4-17-27-25(30)20(2)28(18-16-21-9-6-5-7-10-21)24(29)11-8-19-31-23-14-12-22(26)13-15-23/h5-7,9-10,12-15,20H,3-4,8,11,16-19H2,1-2H3,(H,27,30). The van der Waals surface area contributed by atoms with Crippen molar-refractivity contribution in [2.24, 2.45) is 0 Å². The van der Waals surface area contributed by atoms with Crippen LogP contribution >= 0.6 is 23.4 Å². The van der Waals surface area contributed by atoms with Crippen LogP contribution in [-0.2, 0) is 16.0 Å². The van der Waals surface area contributed by atoms with E-state index in [-0.39, 0.29) is 11.8 Å². The summed E-state index contributed by atoms with van der Waals surface area (Å²) in [7, 11) is 0. The Hall–Kier alpha value is -1.98. The van der Waals surface area contributed by atoms with Gasteiger partial charge in [-0.1, -0.05) is 55.3 Å². The van der Waals surface area contributed by atoms with Crippen molar-refractivity contribution < 1.29 is 9.59 Å². The van der Waals surface area contributed by atoms with Gasteiger partial charge in [0.2, 0.25) is 11.8 Å². The zero-order valence-electron chi connectivity index (χ0n) is 18.5. The van der Waals surface area contributed by atoms with Crippen molar-refractivity contribution in [3.8, 4) is 0 Å². The molecule has 0 bridgehead atoms. The van der Waals surface area contributed by atoms with Crippen LogP contribution in [0.15, 0.2) is 59.5 Å². The average molecular weight is 461 g/mol. The maximum atomic E-state index is 13.0. The average Bonchev–Trinajstić information content (AvgIpc) is 2.78. The molecule has 0 aliphatic carbocycles. The molecule has 0 radical (unpaired) electrons. The van der Waals surface area contributed by atoms with E-state index in [0.717, 1.165) is 46.9 Å². The number of nitrogens with zero attached hydrogens (tertiary/aromatic N) is 1. The molecule has 1 atom stereocenters. The number of halogens is 1. The molecule has 31 heavy (non-hydrogen) atoms. The number of carbonyl (C=O) groups excluding carboxylic acids is 2. The number of benzene rings is 2. The summed E-state index contributed by atoms with van der Waals surface area (Å²) in [5, 5.41) is 3.68. The van der Waals surface area contributed by atoms with Crippen LogP contribution < -0.4 is 5.32 Å². The molecule has 0 aromatic heterocycles. The van der Waals surface area contributed by atoms with E-state index in [2.05, 4.69) is 24.4 Å². The van der Waals surface area contributed by atoms with Gasteiger partial charge in [-0.25, -0.2) is 0 Å². The Morgan fingerprint density at radius 3 is 2.45 bits per heavy atom. The third-order valence-corrected chi connectivity index (χ3v) is 6.45. The first-order valence-electron chi connectivity index (χ1n) is 11.0. The second-order valence-electron chi connectivity index (χ2n) is 7.55. The van der Waals surface area contributed by atoms with E-state index in [1.165, 1.54) is 0 Å². The molecular formula is C25H33ClN2O2S. The minimum atomic E-state index is -0.475. The number of unbranched alkanes of at least 4 members (excludes halogenated alkanes) is 1. The van der Waals surface area contributed by atoms with Gasteiger partial charge in [-0.3, -0.25) is 9.59 Å². The molecule has 2 amide bonds. The Morgan fingerprint density at radius 1 is 1.06 bits per heavy atom. The van der Waals surface area contributed by atoms with Crippen molar-refractivity contribution in [2.75, 3.05) is 18.8 Å². The summed E-state index contributed by atoms with van der Waals surface area (Å²) < 4.78 is 0. The zero-order chi connectivity index (χ0) is 22.5. The molecular weight excluding hydrogens is 428 g/mol. The van der Waals surface area contributed by atoms with Crippen LogP contribution in [-0.4, -0.2) is 41.6 Å².